The molecule has 18 heavy (non-hydrogen) atoms. The number of hydrogen-bond acceptors (Lipinski definition) is 4. The average molecular weight is 251 g/mol. The van der Waals surface area contributed by atoms with E-state index >= 15 is 0 Å². The van der Waals surface area contributed by atoms with Crippen LogP contribution < -0.4 is 4.74 Å². The summed E-state index contributed by atoms with van der Waals surface area (Å²) < 4.78 is 10.5. The minimum absolute atomic E-state index is 0.114. The van der Waals surface area contributed by atoms with Crippen molar-refractivity contribution >= 4 is 0 Å². The van der Waals surface area contributed by atoms with Crippen LogP contribution in [0.5, 0.6) is 5.75 Å². The molecular formula is C14H21NO3. The lowest BCUT2D eigenvalue weighted by Crippen LogP contribution is -2.31. The van der Waals surface area contributed by atoms with Crippen molar-refractivity contribution in [3.63, 3.8) is 0 Å². The van der Waals surface area contributed by atoms with Crippen molar-refractivity contribution in [2.24, 2.45) is 0 Å². The van der Waals surface area contributed by atoms with E-state index in [0.29, 0.717) is 0 Å². The predicted octanol–water partition coefficient (Wildman–Crippen LogP) is 1.45. The molecule has 0 aliphatic carbocycles. The zero-order chi connectivity index (χ0) is 13.1. The summed E-state index contributed by atoms with van der Waals surface area (Å²) in [5.74, 6) is 0.806. The van der Waals surface area contributed by atoms with Crippen LogP contribution in [0.3, 0.4) is 0 Å². The Morgan fingerprint density at radius 1 is 1.28 bits per heavy atom. The summed E-state index contributed by atoms with van der Waals surface area (Å²) in [7, 11) is 5.39. The lowest BCUT2D eigenvalue weighted by atomic mass is 10.00. The van der Waals surface area contributed by atoms with Gasteiger partial charge in [-0.1, -0.05) is 12.1 Å². The molecule has 3 unspecified atom stereocenters. The Balaban J connectivity index is 2.08. The maximum absolute atomic E-state index is 10.4. The third kappa shape index (κ3) is 2.66. The van der Waals surface area contributed by atoms with Crippen LogP contribution in [0.25, 0.3) is 0 Å². The minimum Gasteiger partial charge on any atom is -0.497 e. The van der Waals surface area contributed by atoms with Gasteiger partial charge in [-0.3, -0.25) is 4.90 Å². The van der Waals surface area contributed by atoms with E-state index in [1.54, 1.807) is 14.2 Å². The van der Waals surface area contributed by atoms with Crippen LogP contribution in [0.15, 0.2) is 24.3 Å². The van der Waals surface area contributed by atoms with E-state index in [4.69, 9.17) is 9.47 Å². The molecule has 0 radical (unpaired) electrons. The molecule has 0 aromatic heterocycles. The molecule has 1 aromatic carbocycles. The molecule has 1 heterocycles. The van der Waals surface area contributed by atoms with Gasteiger partial charge in [0.2, 0.25) is 0 Å². The molecule has 4 heteroatoms. The average Bonchev–Trinajstić information content (AvgIpc) is 2.79. The Bertz CT molecular complexity index is 379. The van der Waals surface area contributed by atoms with Crippen molar-refractivity contribution in [3.8, 4) is 5.75 Å². The van der Waals surface area contributed by atoms with Crippen LogP contribution >= 0.6 is 0 Å². The topological polar surface area (TPSA) is 41.9 Å². The SMILES string of the molecule is COc1ccc(C(O)C2CC(OC)CN2C)cc1. The second kappa shape index (κ2) is 5.69. The molecule has 0 bridgehead atoms. The third-order valence-electron chi connectivity index (χ3n) is 3.72. The predicted molar refractivity (Wildman–Crippen MR) is 69.8 cm³/mol. The first-order valence-corrected chi connectivity index (χ1v) is 6.20. The van der Waals surface area contributed by atoms with Crippen LogP contribution in [-0.2, 0) is 4.74 Å². The van der Waals surface area contributed by atoms with Crippen LogP contribution in [-0.4, -0.2) is 50.0 Å². The second-order valence-corrected chi connectivity index (χ2v) is 4.82. The quantitative estimate of drug-likeness (QED) is 0.879. The standard InChI is InChI=1S/C14H21NO3/c1-15-9-12(18-3)8-13(15)14(16)10-4-6-11(17-2)7-5-10/h4-7,12-14,16H,8-9H2,1-3H3. The Morgan fingerprint density at radius 2 is 1.94 bits per heavy atom. The maximum atomic E-state index is 10.4. The number of rotatable bonds is 4. The van der Waals surface area contributed by atoms with E-state index in [1.165, 1.54) is 0 Å². The van der Waals surface area contributed by atoms with Gasteiger partial charge in [0.15, 0.2) is 0 Å². The number of aliphatic hydroxyl groups excluding tert-OH is 1. The number of likely N-dealkylation sites (tertiary alicyclic amines) is 1. The smallest absolute Gasteiger partial charge is 0.118 e. The molecule has 3 atom stereocenters. The summed E-state index contributed by atoms with van der Waals surface area (Å²) >= 11 is 0. The lowest BCUT2D eigenvalue weighted by Gasteiger charge is -2.25. The number of methoxy groups -OCH3 is 2. The molecule has 1 aromatic rings. The van der Waals surface area contributed by atoms with Gasteiger partial charge < -0.3 is 14.6 Å². The molecule has 0 amide bonds. The summed E-state index contributed by atoms with van der Waals surface area (Å²) in [6.07, 6.45) is 0.592. The second-order valence-electron chi connectivity index (χ2n) is 4.82. The molecule has 0 spiro atoms. The fraction of sp³-hybridized carbons (Fsp3) is 0.571. The molecule has 100 valence electrons. The van der Waals surface area contributed by atoms with Gasteiger partial charge in [-0.2, -0.15) is 0 Å². The van der Waals surface area contributed by atoms with Crippen molar-refractivity contribution < 1.29 is 14.6 Å². The zero-order valence-corrected chi connectivity index (χ0v) is 11.2. The molecule has 0 saturated carbocycles. The monoisotopic (exact) mass is 251 g/mol. The summed E-state index contributed by atoms with van der Waals surface area (Å²) in [5.41, 5.74) is 0.921. The summed E-state index contributed by atoms with van der Waals surface area (Å²) in [6.45, 7) is 0.869. The van der Waals surface area contributed by atoms with Crippen LogP contribution in [0.2, 0.25) is 0 Å². The van der Waals surface area contributed by atoms with E-state index in [1.807, 2.05) is 31.3 Å². The number of likely N-dealkylation sites (N-methyl/N-ethyl adjacent to an activating group) is 1. The van der Waals surface area contributed by atoms with Crippen LogP contribution in [0, 0.1) is 0 Å². The number of hydrogen-bond donors (Lipinski definition) is 1. The van der Waals surface area contributed by atoms with Crippen molar-refractivity contribution in [1.29, 1.82) is 0 Å². The van der Waals surface area contributed by atoms with Crippen molar-refractivity contribution in [2.75, 3.05) is 27.8 Å². The summed E-state index contributed by atoms with van der Waals surface area (Å²) in [6, 6.07) is 7.70. The van der Waals surface area contributed by atoms with Gasteiger partial charge in [0.25, 0.3) is 0 Å². The van der Waals surface area contributed by atoms with E-state index in [0.717, 1.165) is 24.3 Å². The van der Waals surface area contributed by atoms with E-state index in [2.05, 4.69) is 4.90 Å². The molecule has 1 saturated heterocycles. The molecule has 1 N–H and O–H groups in total. The summed E-state index contributed by atoms with van der Waals surface area (Å²) in [5, 5.41) is 10.4. The Labute approximate surface area is 108 Å². The third-order valence-corrected chi connectivity index (χ3v) is 3.72. The first kappa shape index (κ1) is 13.3. The fourth-order valence-electron chi connectivity index (χ4n) is 2.54. The molecule has 1 aliphatic rings. The highest BCUT2D eigenvalue weighted by Gasteiger charge is 2.34. The molecule has 2 rings (SSSR count). The molecule has 1 fully saturated rings. The number of aliphatic hydroxyl groups is 1. The molecular weight excluding hydrogens is 230 g/mol. The maximum Gasteiger partial charge on any atom is 0.118 e. The van der Waals surface area contributed by atoms with Crippen molar-refractivity contribution in [1.82, 2.24) is 4.90 Å². The molecule has 1 aliphatic heterocycles. The highest BCUT2D eigenvalue weighted by atomic mass is 16.5. The number of ether oxygens (including phenoxy) is 2. The van der Waals surface area contributed by atoms with Crippen molar-refractivity contribution in [3.05, 3.63) is 29.8 Å². The zero-order valence-electron chi connectivity index (χ0n) is 11.2. The normalized spacial score (nSPS) is 26.2. The van der Waals surface area contributed by atoms with Crippen LogP contribution in [0.1, 0.15) is 18.1 Å². The van der Waals surface area contributed by atoms with Gasteiger partial charge in [0, 0.05) is 19.7 Å². The summed E-state index contributed by atoms with van der Waals surface area (Å²) in [4.78, 5) is 2.16. The minimum atomic E-state index is -0.485. The Morgan fingerprint density at radius 3 is 2.44 bits per heavy atom. The fourth-order valence-corrected chi connectivity index (χ4v) is 2.54. The van der Waals surface area contributed by atoms with Gasteiger partial charge in [0.1, 0.15) is 5.75 Å². The Kier molecular flexibility index (Phi) is 4.22. The van der Waals surface area contributed by atoms with Crippen molar-refractivity contribution in [2.45, 2.75) is 24.7 Å². The highest BCUT2D eigenvalue weighted by molar-refractivity contribution is 5.29. The van der Waals surface area contributed by atoms with Gasteiger partial charge in [-0.05, 0) is 31.2 Å². The van der Waals surface area contributed by atoms with Gasteiger partial charge in [-0.15, -0.1) is 0 Å². The van der Waals surface area contributed by atoms with E-state index in [9.17, 15) is 5.11 Å². The van der Waals surface area contributed by atoms with E-state index in [-0.39, 0.29) is 12.1 Å². The number of benzene rings is 1. The largest absolute Gasteiger partial charge is 0.497 e. The highest BCUT2D eigenvalue weighted by Crippen LogP contribution is 2.30. The lowest BCUT2D eigenvalue weighted by molar-refractivity contribution is 0.0838. The van der Waals surface area contributed by atoms with Gasteiger partial charge in [0.05, 0.1) is 19.3 Å². The Hall–Kier alpha value is -1.10. The van der Waals surface area contributed by atoms with Gasteiger partial charge >= 0.3 is 0 Å². The molecule has 4 nitrogen and oxygen atoms in total. The first-order chi connectivity index (χ1) is 8.65. The van der Waals surface area contributed by atoms with E-state index < -0.39 is 6.10 Å². The first-order valence-electron chi connectivity index (χ1n) is 6.20. The number of nitrogens with zero attached hydrogens (tertiary/aromatic N) is 1. The van der Waals surface area contributed by atoms with Crippen LogP contribution in [0.4, 0.5) is 0 Å². The van der Waals surface area contributed by atoms with Gasteiger partial charge in [-0.25, -0.2) is 0 Å².